The lowest BCUT2D eigenvalue weighted by Crippen LogP contribution is -2.33. The summed E-state index contributed by atoms with van der Waals surface area (Å²) in [6, 6.07) is 12.0. The molecule has 2 aromatic carbocycles. The van der Waals surface area contributed by atoms with Gasteiger partial charge < -0.3 is 4.90 Å². The monoisotopic (exact) mass is 459 g/mol. The van der Waals surface area contributed by atoms with Gasteiger partial charge in [-0.3, -0.25) is 14.2 Å². The molecule has 0 saturated heterocycles. The van der Waals surface area contributed by atoms with Gasteiger partial charge in [-0.05, 0) is 30.3 Å². The van der Waals surface area contributed by atoms with E-state index < -0.39 is 0 Å². The zero-order chi connectivity index (χ0) is 21.7. The number of amides is 1. The Morgan fingerprint density at radius 3 is 2.47 bits per heavy atom. The van der Waals surface area contributed by atoms with E-state index in [-0.39, 0.29) is 17.2 Å². The van der Waals surface area contributed by atoms with Gasteiger partial charge in [-0.25, -0.2) is 4.98 Å². The standard InChI is InChI=1S/C22H19Cl2N3O2S/c1-3-11-26(12-4-2)20(28)14-30-22-25-19-8-6-5-7-16(19)21(29)27(22)15-9-10-17(23)18(24)13-15/h3-10,13H,1-2,11-12,14H2. The summed E-state index contributed by atoms with van der Waals surface area (Å²) in [5.41, 5.74) is 0.836. The Labute approximate surface area is 188 Å². The van der Waals surface area contributed by atoms with Crippen LogP contribution in [0, 0.1) is 0 Å². The number of carbonyl (C=O) groups is 1. The molecule has 0 saturated carbocycles. The maximum absolute atomic E-state index is 13.2. The van der Waals surface area contributed by atoms with Gasteiger partial charge >= 0.3 is 0 Å². The van der Waals surface area contributed by atoms with Crippen LogP contribution in [0.4, 0.5) is 0 Å². The molecule has 1 amide bonds. The zero-order valence-electron chi connectivity index (χ0n) is 16.1. The number of benzene rings is 2. The van der Waals surface area contributed by atoms with Crippen LogP contribution in [0.1, 0.15) is 0 Å². The first kappa shape index (κ1) is 22.2. The van der Waals surface area contributed by atoms with Crippen LogP contribution in [0.5, 0.6) is 0 Å². The van der Waals surface area contributed by atoms with E-state index in [0.717, 1.165) is 0 Å². The average Bonchev–Trinajstić information content (AvgIpc) is 2.74. The van der Waals surface area contributed by atoms with Crippen molar-refractivity contribution in [1.82, 2.24) is 14.5 Å². The minimum absolute atomic E-state index is 0.105. The molecule has 0 aliphatic carbocycles. The molecule has 0 bridgehead atoms. The third-order valence-corrected chi connectivity index (χ3v) is 5.95. The highest BCUT2D eigenvalue weighted by atomic mass is 35.5. The molecular weight excluding hydrogens is 441 g/mol. The van der Waals surface area contributed by atoms with Gasteiger partial charge in [0, 0.05) is 13.1 Å². The van der Waals surface area contributed by atoms with Crippen molar-refractivity contribution in [3.05, 3.63) is 88.2 Å². The van der Waals surface area contributed by atoms with Crippen molar-refractivity contribution in [2.45, 2.75) is 5.16 Å². The third-order valence-electron chi connectivity index (χ3n) is 4.28. The zero-order valence-corrected chi connectivity index (χ0v) is 18.4. The van der Waals surface area contributed by atoms with Crippen LogP contribution >= 0.6 is 35.0 Å². The van der Waals surface area contributed by atoms with Crippen molar-refractivity contribution in [2.75, 3.05) is 18.8 Å². The van der Waals surface area contributed by atoms with Crippen molar-refractivity contribution in [1.29, 1.82) is 0 Å². The lowest BCUT2D eigenvalue weighted by atomic mass is 10.2. The number of nitrogens with zero attached hydrogens (tertiary/aromatic N) is 3. The van der Waals surface area contributed by atoms with Crippen molar-refractivity contribution < 1.29 is 4.79 Å². The molecule has 0 aliphatic rings. The number of rotatable bonds is 8. The quantitative estimate of drug-likeness (QED) is 0.270. The van der Waals surface area contributed by atoms with Crippen LogP contribution in [0.25, 0.3) is 16.6 Å². The summed E-state index contributed by atoms with van der Waals surface area (Å²) in [4.78, 5) is 32.1. The Morgan fingerprint density at radius 1 is 1.10 bits per heavy atom. The highest BCUT2D eigenvalue weighted by molar-refractivity contribution is 7.99. The summed E-state index contributed by atoms with van der Waals surface area (Å²) in [6.45, 7) is 8.19. The Morgan fingerprint density at radius 2 is 1.80 bits per heavy atom. The van der Waals surface area contributed by atoms with Crippen LogP contribution in [0.15, 0.2) is 77.7 Å². The number of carbonyl (C=O) groups excluding carboxylic acids is 1. The molecule has 0 N–H and O–H groups in total. The molecule has 3 rings (SSSR count). The van der Waals surface area contributed by atoms with Crippen LogP contribution in [-0.2, 0) is 4.79 Å². The van der Waals surface area contributed by atoms with Gasteiger partial charge in [-0.2, -0.15) is 0 Å². The fourth-order valence-corrected chi connectivity index (χ4v) is 4.08. The molecule has 0 radical (unpaired) electrons. The first-order valence-electron chi connectivity index (χ1n) is 9.06. The van der Waals surface area contributed by atoms with Crippen LogP contribution in [0.3, 0.4) is 0 Å². The SMILES string of the molecule is C=CCN(CC=C)C(=O)CSc1nc2ccccc2c(=O)n1-c1ccc(Cl)c(Cl)c1. The fraction of sp³-hybridized carbons (Fsp3) is 0.136. The van der Waals surface area contributed by atoms with Gasteiger partial charge in [0.15, 0.2) is 5.16 Å². The molecule has 0 spiro atoms. The van der Waals surface area contributed by atoms with Crippen LogP contribution < -0.4 is 5.56 Å². The van der Waals surface area contributed by atoms with Crippen LogP contribution in [-0.4, -0.2) is 39.2 Å². The lowest BCUT2D eigenvalue weighted by molar-refractivity contribution is -0.127. The Bertz CT molecular complexity index is 1170. The first-order valence-corrected chi connectivity index (χ1v) is 10.8. The van der Waals surface area contributed by atoms with E-state index in [4.69, 9.17) is 23.2 Å². The molecule has 5 nitrogen and oxygen atoms in total. The molecule has 154 valence electrons. The average molecular weight is 460 g/mol. The summed E-state index contributed by atoms with van der Waals surface area (Å²) < 4.78 is 1.45. The number of fused-ring (bicyclic) bond motifs is 1. The van der Waals surface area contributed by atoms with Gasteiger partial charge in [0.05, 0.1) is 32.4 Å². The maximum Gasteiger partial charge on any atom is 0.266 e. The summed E-state index contributed by atoms with van der Waals surface area (Å²) >= 11 is 13.4. The number of hydrogen-bond acceptors (Lipinski definition) is 4. The number of halogens is 2. The molecule has 0 atom stereocenters. The molecule has 30 heavy (non-hydrogen) atoms. The van der Waals surface area contributed by atoms with E-state index in [2.05, 4.69) is 18.1 Å². The Kier molecular flexibility index (Phi) is 7.37. The highest BCUT2D eigenvalue weighted by Gasteiger charge is 2.17. The molecule has 0 aliphatic heterocycles. The molecular formula is C22H19Cl2N3O2S. The van der Waals surface area contributed by atoms with E-state index in [0.29, 0.717) is 44.9 Å². The molecule has 0 fully saturated rings. The predicted molar refractivity (Wildman–Crippen MR) is 125 cm³/mol. The highest BCUT2D eigenvalue weighted by Crippen LogP contribution is 2.27. The van der Waals surface area contributed by atoms with E-state index in [1.807, 2.05) is 6.07 Å². The summed E-state index contributed by atoms with van der Waals surface area (Å²) in [5.74, 6) is -0.00349. The largest absolute Gasteiger partial charge is 0.335 e. The number of thioether (sulfide) groups is 1. The number of hydrogen-bond donors (Lipinski definition) is 0. The normalized spacial score (nSPS) is 10.7. The summed E-state index contributed by atoms with van der Waals surface area (Å²) in [6.07, 6.45) is 3.32. The second-order valence-electron chi connectivity index (χ2n) is 6.32. The second-order valence-corrected chi connectivity index (χ2v) is 8.07. The number of para-hydroxylation sites is 1. The van der Waals surface area contributed by atoms with Gasteiger partial charge in [0.25, 0.3) is 5.56 Å². The van der Waals surface area contributed by atoms with E-state index in [1.54, 1.807) is 53.5 Å². The van der Waals surface area contributed by atoms with Gasteiger partial charge in [0.2, 0.25) is 5.91 Å². The van der Waals surface area contributed by atoms with Gasteiger partial charge in [-0.1, -0.05) is 59.2 Å². The van der Waals surface area contributed by atoms with E-state index >= 15 is 0 Å². The smallest absolute Gasteiger partial charge is 0.266 e. The molecule has 0 unspecified atom stereocenters. The van der Waals surface area contributed by atoms with Crippen molar-refractivity contribution in [3.63, 3.8) is 0 Å². The maximum atomic E-state index is 13.2. The topological polar surface area (TPSA) is 55.2 Å². The van der Waals surface area contributed by atoms with Crippen LogP contribution in [0.2, 0.25) is 10.0 Å². The van der Waals surface area contributed by atoms with E-state index in [1.165, 1.54) is 16.3 Å². The van der Waals surface area contributed by atoms with E-state index in [9.17, 15) is 9.59 Å². The Balaban J connectivity index is 2.05. The second kappa shape index (κ2) is 9.98. The minimum Gasteiger partial charge on any atom is -0.335 e. The predicted octanol–water partition coefficient (Wildman–Crippen LogP) is 4.99. The summed E-state index contributed by atoms with van der Waals surface area (Å²) in [7, 11) is 0. The third kappa shape index (κ3) is 4.78. The molecule has 1 heterocycles. The minimum atomic E-state index is -0.247. The fourth-order valence-electron chi connectivity index (χ4n) is 2.87. The molecule has 1 aromatic heterocycles. The summed E-state index contributed by atoms with van der Waals surface area (Å²) in [5, 5.41) is 1.57. The van der Waals surface area contributed by atoms with Gasteiger partial charge in [-0.15, -0.1) is 13.2 Å². The van der Waals surface area contributed by atoms with Crippen molar-refractivity contribution in [2.24, 2.45) is 0 Å². The molecule has 8 heteroatoms. The molecule has 3 aromatic rings. The number of aromatic nitrogens is 2. The Hall–Kier alpha value is -2.54. The van der Waals surface area contributed by atoms with Crippen molar-refractivity contribution >= 4 is 51.8 Å². The van der Waals surface area contributed by atoms with Crippen molar-refractivity contribution in [3.8, 4) is 5.69 Å². The lowest BCUT2D eigenvalue weighted by Gasteiger charge is -2.19. The van der Waals surface area contributed by atoms with Gasteiger partial charge in [0.1, 0.15) is 0 Å². The first-order chi connectivity index (χ1) is 14.5.